The van der Waals surface area contributed by atoms with Gasteiger partial charge in [-0.25, -0.2) is 9.59 Å². The van der Waals surface area contributed by atoms with Gasteiger partial charge in [0.1, 0.15) is 29.1 Å². The van der Waals surface area contributed by atoms with Gasteiger partial charge >= 0.3 is 17.9 Å². The van der Waals surface area contributed by atoms with Gasteiger partial charge in [-0.3, -0.25) is 13.9 Å². The molecule has 0 aromatic rings. The molecule has 2 saturated heterocycles. The molecule has 0 radical (unpaired) electrons. The van der Waals surface area contributed by atoms with E-state index in [1.54, 1.807) is 62.5 Å². The second-order valence-corrected chi connectivity index (χ2v) is 22.3. The van der Waals surface area contributed by atoms with E-state index in [0.29, 0.717) is 41.9 Å². The average Bonchev–Trinajstić information content (AvgIpc) is 3.28. The maximum atomic E-state index is 12.5. The number of hydrogen-bond donors (Lipinski definition) is 1. The summed E-state index contributed by atoms with van der Waals surface area (Å²) in [5.74, 6) is -4.46. The largest absolute Gasteiger partial charge is 0.481 e. The van der Waals surface area contributed by atoms with Crippen LogP contribution >= 0.6 is 16.9 Å². The zero-order chi connectivity index (χ0) is 54.6. The summed E-state index contributed by atoms with van der Waals surface area (Å²) in [6.07, 6.45) is -0.308. The topological polar surface area (TPSA) is 221 Å². The SMILES string of the molecule is C=C.CO[C@](C)(C[C@@H](C)C(=O)O)[C@@H](CC1=C(C)C(=O)OC(C)(C)O1)O[C@@H]1O[C@H](C)CC(N(C)C)[C@H]1P=O.CO[C@](C)(C[C@@H](C)C=O)[C@@H](CC1=C(C)C(=O)OC(C)(C)O1)O[C@@H]1O[C@H](C)CC(N(C)C)[C@H]1P=O. The van der Waals surface area contributed by atoms with Crippen LogP contribution in [-0.4, -0.2) is 165 Å². The Kier molecular flexibility index (Phi) is 24.6. The molecule has 2 unspecified atom stereocenters. The summed E-state index contributed by atoms with van der Waals surface area (Å²) in [7, 11) is 10.6. The predicted molar refractivity (Wildman–Crippen MR) is 266 cm³/mol. The molecule has 4 aliphatic heterocycles. The lowest BCUT2D eigenvalue weighted by Crippen LogP contribution is -2.55. The number of carboxylic acid groups (broad SMARTS) is 1. The number of carbonyl (C=O) groups is 4. The molecule has 0 aliphatic carbocycles. The highest BCUT2D eigenvalue weighted by molar-refractivity contribution is 7.25. The molecule has 0 amide bonds. The Hall–Kier alpha value is -3.22. The van der Waals surface area contributed by atoms with Crippen molar-refractivity contribution in [2.75, 3.05) is 42.4 Å². The molecule has 4 heterocycles. The van der Waals surface area contributed by atoms with Gasteiger partial charge in [0.15, 0.2) is 29.5 Å². The van der Waals surface area contributed by atoms with Crippen molar-refractivity contribution in [1.29, 1.82) is 0 Å². The standard InChI is InChI=1S/C24H40NO9P.C24H40NO8P.C2H4/c1-13(20(26)27)12-24(6,30-9)18(11-17-15(3)21(28)34-23(4,5)33-17)32-22-19(35-29)16(25(7)8)10-14(2)31-22;1-14(13-26)12-24(6,29-9)19(11-18-16(3)21(27)33-23(4,5)32-18)31-22-20(34-28)17(25(7)8)10-15(2)30-22;1-2/h13-14,16,18-19,22H,10-12H2,1-9H3,(H,26,27);13-15,17,19-20,22H,10-12H2,1-9H3;1-2H2/t13-,14-,16?,18-,19-,22+,24-;14-,15-,17?,19-,20-,22+,24-;/m11./s1. The fourth-order valence-electron chi connectivity index (χ4n) is 9.11. The molecule has 0 spiro atoms. The van der Waals surface area contributed by atoms with Crippen molar-refractivity contribution < 1.29 is 80.8 Å². The average molecular weight is 1050 g/mol. The number of ether oxygens (including phenoxy) is 10. The number of aldehydes is 1. The summed E-state index contributed by atoms with van der Waals surface area (Å²) >= 11 is 0. The van der Waals surface area contributed by atoms with Gasteiger partial charge in [0, 0.05) is 72.8 Å². The van der Waals surface area contributed by atoms with E-state index < -0.39 is 82.7 Å². The minimum atomic E-state index is -1.17. The third-order valence-corrected chi connectivity index (χ3v) is 15.0. The van der Waals surface area contributed by atoms with Crippen molar-refractivity contribution in [3.8, 4) is 0 Å². The van der Waals surface area contributed by atoms with Gasteiger partial charge in [-0.2, -0.15) is 0 Å². The minimum Gasteiger partial charge on any atom is -0.481 e. The van der Waals surface area contributed by atoms with Crippen molar-refractivity contribution in [1.82, 2.24) is 9.80 Å². The van der Waals surface area contributed by atoms with Crippen molar-refractivity contribution >= 4 is 41.1 Å². The molecule has 19 nitrogen and oxygen atoms in total. The minimum absolute atomic E-state index is 0.0166. The predicted octanol–water partition coefficient (Wildman–Crippen LogP) is 8.09. The summed E-state index contributed by atoms with van der Waals surface area (Å²) < 4.78 is 84.1. The summed E-state index contributed by atoms with van der Waals surface area (Å²) in [4.78, 5) is 52.1. The second-order valence-electron chi connectivity index (χ2n) is 20.7. The zero-order valence-electron chi connectivity index (χ0n) is 45.4. The summed E-state index contributed by atoms with van der Waals surface area (Å²) in [6.45, 7) is 26.8. The van der Waals surface area contributed by atoms with E-state index >= 15 is 0 Å². The Morgan fingerprint density at radius 3 is 1.39 bits per heavy atom. The molecule has 0 aromatic heterocycles. The molecular formula is C50H84N2O17P2. The molecule has 0 bridgehead atoms. The van der Waals surface area contributed by atoms with Crippen LogP contribution in [0.3, 0.4) is 0 Å². The van der Waals surface area contributed by atoms with Crippen LogP contribution in [-0.2, 0) is 75.7 Å². The highest BCUT2D eigenvalue weighted by Crippen LogP contribution is 2.41. The van der Waals surface area contributed by atoms with Crippen LogP contribution in [0, 0.1) is 11.8 Å². The number of carboxylic acids is 1. The summed E-state index contributed by atoms with van der Waals surface area (Å²) in [5, 5.41) is 9.56. The number of rotatable bonds is 22. The molecule has 0 aromatic carbocycles. The van der Waals surface area contributed by atoms with Gasteiger partial charge in [-0.1, -0.05) is 13.8 Å². The molecule has 4 rings (SSSR count). The van der Waals surface area contributed by atoms with E-state index in [9.17, 15) is 33.4 Å². The quantitative estimate of drug-likeness (QED) is 0.0468. The monoisotopic (exact) mass is 1050 g/mol. The fourth-order valence-corrected chi connectivity index (χ4v) is 10.6. The lowest BCUT2D eigenvalue weighted by molar-refractivity contribution is -0.256. The highest BCUT2D eigenvalue weighted by Gasteiger charge is 2.49. The van der Waals surface area contributed by atoms with Crippen LogP contribution < -0.4 is 0 Å². The maximum absolute atomic E-state index is 12.5. The number of esters is 2. The highest BCUT2D eigenvalue weighted by atomic mass is 31.1. The lowest BCUT2D eigenvalue weighted by Gasteiger charge is -2.45. The smallest absolute Gasteiger partial charge is 0.340 e. The summed E-state index contributed by atoms with van der Waals surface area (Å²) in [6, 6.07) is -0.0758. The number of nitrogens with zero attached hydrogens (tertiary/aromatic N) is 2. The van der Waals surface area contributed by atoms with Crippen molar-refractivity contribution in [3.05, 3.63) is 35.8 Å². The third-order valence-electron chi connectivity index (χ3n) is 13.4. The van der Waals surface area contributed by atoms with E-state index in [2.05, 4.69) is 13.2 Å². The normalized spacial score (nSPS) is 29.9. The third kappa shape index (κ3) is 17.4. The van der Waals surface area contributed by atoms with E-state index in [-0.39, 0.29) is 66.4 Å². The number of carbonyl (C=O) groups excluding carboxylic acids is 3. The molecule has 21 heteroatoms. The fraction of sp³-hybridized carbons (Fsp3) is 0.800. The van der Waals surface area contributed by atoms with Crippen LogP contribution in [0.15, 0.2) is 35.8 Å². The van der Waals surface area contributed by atoms with Gasteiger partial charge in [0.05, 0.1) is 52.7 Å². The van der Waals surface area contributed by atoms with Crippen molar-refractivity contribution in [2.24, 2.45) is 11.8 Å². The Labute approximate surface area is 425 Å². The molecule has 406 valence electrons. The van der Waals surface area contributed by atoms with Gasteiger partial charge < -0.3 is 67.1 Å². The van der Waals surface area contributed by atoms with Crippen LogP contribution in [0.1, 0.15) is 122 Å². The molecule has 0 saturated carbocycles. The molecule has 2 fully saturated rings. The molecule has 4 aliphatic rings. The van der Waals surface area contributed by atoms with E-state index in [4.69, 9.17) is 47.4 Å². The van der Waals surface area contributed by atoms with Crippen LogP contribution in [0.2, 0.25) is 0 Å². The summed E-state index contributed by atoms with van der Waals surface area (Å²) in [5.41, 5.74) is -2.29. The first-order valence-corrected chi connectivity index (χ1v) is 25.8. The molecular weight excluding hydrogens is 962 g/mol. The lowest BCUT2D eigenvalue weighted by atomic mass is 9.85. The van der Waals surface area contributed by atoms with Crippen LogP contribution in [0.25, 0.3) is 0 Å². The van der Waals surface area contributed by atoms with Crippen molar-refractivity contribution in [3.63, 3.8) is 0 Å². The number of hydrogen-bond acceptors (Lipinski definition) is 18. The Morgan fingerprint density at radius 2 is 1.10 bits per heavy atom. The second kappa shape index (κ2) is 27.4. The van der Waals surface area contributed by atoms with E-state index in [1.807, 2.05) is 65.7 Å². The van der Waals surface area contributed by atoms with Gasteiger partial charge in [-0.15, -0.1) is 13.2 Å². The Bertz CT molecular complexity index is 1890. The van der Waals surface area contributed by atoms with Gasteiger partial charge in [0.25, 0.3) is 0 Å². The first-order valence-electron chi connectivity index (χ1n) is 24.0. The van der Waals surface area contributed by atoms with Gasteiger partial charge in [-0.05, 0) is 95.4 Å². The van der Waals surface area contributed by atoms with Crippen molar-refractivity contribution in [2.45, 2.75) is 205 Å². The van der Waals surface area contributed by atoms with Crippen LogP contribution in [0.4, 0.5) is 0 Å². The van der Waals surface area contributed by atoms with Crippen LogP contribution in [0.5, 0.6) is 0 Å². The molecule has 71 heavy (non-hydrogen) atoms. The Balaban J connectivity index is 0.000000471. The maximum Gasteiger partial charge on any atom is 0.340 e. The first-order chi connectivity index (χ1) is 32.9. The Morgan fingerprint density at radius 1 is 0.746 bits per heavy atom. The number of aliphatic carboxylic acids is 1. The van der Waals surface area contributed by atoms with Gasteiger partial charge in [0.2, 0.25) is 11.6 Å². The zero-order valence-corrected chi connectivity index (χ0v) is 47.2. The molecule has 14 atom stereocenters. The first kappa shape index (κ1) is 63.9. The van der Waals surface area contributed by atoms with E-state index in [0.717, 1.165) is 6.29 Å². The number of cyclic esters (lactones) is 2. The van der Waals surface area contributed by atoms with E-state index in [1.165, 1.54) is 7.11 Å². The molecule has 1 N–H and O–H groups in total. The number of methoxy groups -OCH3 is 2.